The molecule has 2 aromatic carbocycles. The van der Waals surface area contributed by atoms with E-state index < -0.39 is 15.9 Å². The van der Waals surface area contributed by atoms with E-state index in [-0.39, 0.29) is 17.3 Å². The highest BCUT2D eigenvalue weighted by Crippen LogP contribution is 2.34. The number of primary sulfonamides is 1. The van der Waals surface area contributed by atoms with Crippen LogP contribution >= 0.6 is 0 Å². The number of carbonyl (C=O) groups is 1. The van der Waals surface area contributed by atoms with Crippen molar-refractivity contribution >= 4 is 21.6 Å². The largest absolute Gasteiger partial charge is 0.454 e. The first-order chi connectivity index (χ1) is 10.8. The zero-order chi connectivity index (χ0) is 16.6. The van der Waals surface area contributed by atoms with Gasteiger partial charge in [-0.15, -0.1) is 0 Å². The Morgan fingerprint density at radius 3 is 2.61 bits per heavy atom. The Hall–Kier alpha value is -2.58. The minimum absolute atomic E-state index is 0.0733. The molecular weight excluding hydrogens is 320 g/mol. The second kappa shape index (κ2) is 5.56. The fourth-order valence-electron chi connectivity index (χ4n) is 2.23. The SMILES string of the molecule is Cc1ccc(C(=O)Nc2ccc3c(c2)OCO3)cc1S(N)(=O)=O. The number of amides is 1. The van der Waals surface area contributed by atoms with Crippen molar-refractivity contribution in [3.63, 3.8) is 0 Å². The van der Waals surface area contributed by atoms with Crippen LogP contribution in [0.15, 0.2) is 41.3 Å². The van der Waals surface area contributed by atoms with Crippen LogP contribution in [-0.2, 0) is 10.0 Å². The van der Waals surface area contributed by atoms with Gasteiger partial charge in [-0.1, -0.05) is 6.07 Å². The van der Waals surface area contributed by atoms with Gasteiger partial charge in [0.2, 0.25) is 16.8 Å². The minimum Gasteiger partial charge on any atom is -0.454 e. The molecule has 3 N–H and O–H groups in total. The molecule has 120 valence electrons. The van der Waals surface area contributed by atoms with E-state index in [1.54, 1.807) is 25.1 Å². The van der Waals surface area contributed by atoms with Crippen molar-refractivity contribution in [1.29, 1.82) is 0 Å². The van der Waals surface area contributed by atoms with E-state index in [9.17, 15) is 13.2 Å². The molecule has 23 heavy (non-hydrogen) atoms. The third-order valence-corrected chi connectivity index (χ3v) is 4.44. The third kappa shape index (κ3) is 3.13. The van der Waals surface area contributed by atoms with Crippen molar-refractivity contribution in [1.82, 2.24) is 0 Å². The molecule has 0 fully saturated rings. The van der Waals surface area contributed by atoms with Crippen LogP contribution in [0.4, 0.5) is 5.69 Å². The van der Waals surface area contributed by atoms with E-state index in [1.165, 1.54) is 18.2 Å². The molecule has 7 nitrogen and oxygen atoms in total. The van der Waals surface area contributed by atoms with Gasteiger partial charge in [0.1, 0.15) is 0 Å². The molecule has 0 saturated heterocycles. The van der Waals surface area contributed by atoms with Crippen LogP contribution in [0.2, 0.25) is 0 Å². The van der Waals surface area contributed by atoms with Crippen molar-refractivity contribution in [2.45, 2.75) is 11.8 Å². The maximum atomic E-state index is 12.3. The second-order valence-electron chi connectivity index (χ2n) is 5.05. The van der Waals surface area contributed by atoms with E-state index in [0.29, 0.717) is 22.7 Å². The normalized spacial score (nSPS) is 13.0. The van der Waals surface area contributed by atoms with Crippen LogP contribution < -0.4 is 19.9 Å². The van der Waals surface area contributed by atoms with E-state index in [1.807, 2.05) is 0 Å². The lowest BCUT2D eigenvalue weighted by molar-refractivity contribution is 0.102. The Labute approximate surface area is 133 Å². The molecule has 0 radical (unpaired) electrons. The topological polar surface area (TPSA) is 108 Å². The lowest BCUT2D eigenvalue weighted by atomic mass is 10.1. The van der Waals surface area contributed by atoms with Gasteiger partial charge in [-0.3, -0.25) is 4.79 Å². The number of hydrogen-bond donors (Lipinski definition) is 2. The van der Waals surface area contributed by atoms with Crippen LogP contribution in [0.3, 0.4) is 0 Å². The predicted octanol–water partition coefficient (Wildman–Crippen LogP) is 1.62. The zero-order valence-electron chi connectivity index (χ0n) is 12.2. The highest BCUT2D eigenvalue weighted by atomic mass is 32.2. The Bertz CT molecular complexity index is 893. The minimum atomic E-state index is -3.89. The second-order valence-corrected chi connectivity index (χ2v) is 6.58. The zero-order valence-corrected chi connectivity index (χ0v) is 13.0. The van der Waals surface area contributed by atoms with Gasteiger partial charge in [-0.05, 0) is 36.8 Å². The van der Waals surface area contributed by atoms with Crippen molar-refractivity contribution in [2.75, 3.05) is 12.1 Å². The van der Waals surface area contributed by atoms with Crippen molar-refractivity contribution in [2.24, 2.45) is 5.14 Å². The van der Waals surface area contributed by atoms with Gasteiger partial charge in [-0.2, -0.15) is 0 Å². The smallest absolute Gasteiger partial charge is 0.255 e. The summed E-state index contributed by atoms with van der Waals surface area (Å²) in [5, 5.41) is 7.83. The predicted molar refractivity (Wildman–Crippen MR) is 83.1 cm³/mol. The van der Waals surface area contributed by atoms with Gasteiger partial charge in [0, 0.05) is 17.3 Å². The molecule has 0 aromatic heterocycles. The Balaban J connectivity index is 1.86. The Morgan fingerprint density at radius 1 is 1.13 bits per heavy atom. The molecule has 3 rings (SSSR count). The Morgan fingerprint density at radius 2 is 1.87 bits per heavy atom. The maximum Gasteiger partial charge on any atom is 0.255 e. The first kappa shape index (κ1) is 15.3. The number of rotatable bonds is 3. The highest BCUT2D eigenvalue weighted by Gasteiger charge is 2.17. The molecule has 0 atom stereocenters. The lowest BCUT2D eigenvalue weighted by Gasteiger charge is -2.09. The summed E-state index contributed by atoms with van der Waals surface area (Å²) in [4.78, 5) is 12.2. The summed E-state index contributed by atoms with van der Waals surface area (Å²) in [6.07, 6.45) is 0. The van der Waals surface area contributed by atoms with Crippen molar-refractivity contribution in [3.05, 3.63) is 47.5 Å². The van der Waals surface area contributed by atoms with Gasteiger partial charge in [0.25, 0.3) is 5.91 Å². The monoisotopic (exact) mass is 334 g/mol. The standard InChI is InChI=1S/C15H14N2O5S/c1-9-2-3-10(6-14(9)23(16,19)20)15(18)17-11-4-5-12-13(7-11)22-8-21-12/h2-7H,8H2,1H3,(H,17,18)(H2,16,19,20). The number of benzene rings is 2. The van der Waals surface area contributed by atoms with Crippen LogP contribution in [0.25, 0.3) is 0 Å². The number of aryl methyl sites for hydroxylation is 1. The number of ether oxygens (including phenoxy) is 2. The summed E-state index contributed by atoms with van der Waals surface area (Å²) < 4.78 is 33.5. The molecular formula is C15H14N2O5S. The molecule has 0 unspecified atom stereocenters. The fraction of sp³-hybridized carbons (Fsp3) is 0.133. The summed E-state index contributed by atoms with van der Waals surface area (Å²) in [6, 6.07) is 9.31. The van der Waals surface area contributed by atoms with E-state index in [4.69, 9.17) is 14.6 Å². The molecule has 1 aliphatic rings. The van der Waals surface area contributed by atoms with Crippen LogP contribution in [0.1, 0.15) is 15.9 Å². The molecule has 0 spiro atoms. The summed E-state index contributed by atoms with van der Waals surface area (Å²) in [6.45, 7) is 1.75. The third-order valence-electron chi connectivity index (χ3n) is 3.39. The molecule has 2 aromatic rings. The van der Waals surface area contributed by atoms with Crippen LogP contribution in [0.5, 0.6) is 11.5 Å². The van der Waals surface area contributed by atoms with E-state index >= 15 is 0 Å². The molecule has 8 heteroatoms. The number of anilines is 1. The van der Waals surface area contributed by atoms with Crippen molar-refractivity contribution in [3.8, 4) is 11.5 Å². The van der Waals surface area contributed by atoms with E-state index in [2.05, 4.69) is 5.32 Å². The first-order valence-electron chi connectivity index (χ1n) is 6.69. The average molecular weight is 334 g/mol. The van der Waals surface area contributed by atoms with Gasteiger partial charge >= 0.3 is 0 Å². The molecule has 0 bridgehead atoms. The number of nitrogens with one attached hydrogen (secondary N) is 1. The summed E-state index contributed by atoms with van der Waals surface area (Å²) in [7, 11) is -3.89. The quantitative estimate of drug-likeness (QED) is 0.887. The molecule has 1 aliphatic heterocycles. The fourth-order valence-corrected chi connectivity index (χ4v) is 3.03. The first-order valence-corrected chi connectivity index (χ1v) is 8.24. The van der Waals surface area contributed by atoms with Gasteiger partial charge < -0.3 is 14.8 Å². The van der Waals surface area contributed by atoms with Gasteiger partial charge in [-0.25, -0.2) is 13.6 Å². The molecule has 0 aliphatic carbocycles. The molecule has 0 saturated carbocycles. The van der Waals surface area contributed by atoms with E-state index in [0.717, 1.165) is 0 Å². The summed E-state index contributed by atoms with van der Waals surface area (Å²) >= 11 is 0. The molecule has 1 heterocycles. The number of carbonyl (C=O) groups excluding carboxylic acids is 1. The summed E-state index contributed by atoms with van der Waals surface area (Å²) in [5.41, 5.74) is 1.18. The number of sulfonamides is 1. The lowest BCUT2D eigenvalue weighted by Crippen LogP contribution is -2.17. The van der Waals surface area contributed by atoms with Gasteiger partial charge in [0.05, 0.1) is 4.90 Å². The Kier molecular flexibility index (Phi) is 3.70. The van der Waals surface area contributed by atoms with Crippen LogP contribution in [0, 0.1) is 6.92 Å². The van der Waals surface area contributed by atoms with Crippen LogP contribution in [-0.4, -0.2) is 21.1 Å². The number of hydrogen-bond acceptors (Lipinski definition) is 5. The average Bonchev–Trinajstić information content (AvgIpc) is 2.94. The van der Waals surface area contributed by atoms with Crippen molar-refractivity contribution < 1.29 is 22.7 Å². The number of nitrogens with two attached hydrogens (primary N) is 1. The number of fused-ring (bicyclic) bond motifs is 1. The summed E-state index contributed by atoms with van der Waals surface area (Å²) in [5.74, 6) is 0.695. The highest BCUT2D eigenvalue weighted by molar-refractivity contribution is 7.89. The maximum absolute atomic E-state index is 12.3. The molecule has 1 amide bonds. The van der Waals surface area contributed by atoms with Gasteiger partial charge in [0.15, 0.2) is 11.5 Å².